The molecule has 9 aromatic rings. The van der Waals surface area contributed by atoms with Crippen LogP contribution >= 0.6 is 0 Å². The van der Waals surface area contributed by atoms with Crippen molar-refractivity contribution in [2.24, 2.45) is 0 Å². The Morgan fingerprint density at radius 2 is 0.736 bits per heavy atom. The fourth-order valence-corrected chi connectivity index (χ4v) is 11.9. The fraction of sp³-hybridized carbons (Fsp3) is 0.0408. The Bertz CT molecular complexity index is 2790. The highest BCUT2D eigenvalue weighted by molar-refractivity contribution is 7.04. The topological polar surface area (TPSA) is 38.7 Å². The second-order valence-electron chi connectivity index (χ2n) is 14.4. The van der Waals surface area contributed by atoms with Gasteiger partial charge < -0.3 is 0 Å². The summed E-state index contributed by atoms with van der Waals surface area (Å²) in [6, 6.07) is 62.8. The van der Waals surface area contributed by atoms with Gasteiger partial charge >= 0.3 is 0 Å². The van der Waals surface area contributed by atoms with E-state index in [4.69, 9.17) is 15.0 Å². The lowest BCUT2D eigenvalue weighted by atomic mass is 9.87. The first-order valence-corrected chi connectivity index (χ1v) is 21.2. The van der Waals surface area contributed by atoms with E-state index in [1.54, 1.807) is 0 Å². The molecule has 10 rings (SSSR count). The van der Waals surface area contributed by atoms with Gasteiger partial charge in [-0.2, -0.15) is 0 Å². The van der Waals surface area contributed by atoms with Crippen molar-refractivity contribution in [3.63, 3.8) is 0 Å². The number of nitrogens with zero attached hydrogens (tertiary/aromatic N) is 3. The minimum atomic E-state index is -2.01. The Morgan fingerprint density at radius 1 is 0.321 bits per heavy atom. The zero-order chi connectivity index (χ0) is 35.5. The van der Waals surface area contributed by atoms with E-state index in [-0.39, 0.29) is 0 Å². The minimum Gasteiger partial charge on any atom is -0.208 e. The molecular formula is C49H35N3Si. The monoisotopic (exact) mass is 693 g/mol. The van der Waals surface area contributed by atoms with Crippen molar-refractivity contribution in [1.29, 1.82) is 0 Å². The van der Waals surface area contributed by atoms with Gasteiger partial charge in [0.2, 0.25) is 0 Å². The van der Waals surface area contributed by atoms with Gasteiger partial charge in [-0.3, -0.25) is 0 Å². The van der Waals surface area contributed by atoms with Gasteiger partial charge in [0.05, 0.1) is 0 Å². The van der Waals surface area contributed by atoms with Crippen molar-refractivity contribution in [3.05, 3.63) is 176 Å². The van der Waals surface area contributed by atoms with Crippen molar-refractivity contribution < 1.29 is 0 Å². The van der Waals surface area contributed by atoms with Gasteiger partial charge in [0.15, 0.2) is 17.5 Å². The lowest BCUT2D eigenvalue weighted by Crippen LogP contribution is -2.50. The quantitative estimate of drug-likeness (QED) is 0.133. The lowest BCUT2D eigenvalue weighted by molar-refractivity contribution is 1.08. The van der Waals surface area contributed by atoms with E-state index in [0.717, 1.165) is 33.0 Å². The van der Waals surface area contributed by atoms with Crippen LogP contribution in [0.3, 0.4) is 0 Å². The van der Waals surface area contributed by atoms with Crippen molar-refractivity contribution >= 4 is 40.0 Å². The van der Waals surface area contributed by atoms with Gasteiger partial charge in [0.1, 0.15) is 8.07 Å². The Hall–Kier alpha value is -6.49. The van der Waals surface area contributed by atoms with Crippen LogP contribution in [0.5, 0.6) is 0 Å². The van der Waals surface area contributed by atoms with Crippen LogP contribution in [0.25, 0.3) is 89.1 Å². The van der Waals surface area contributed by atoms with Crippen molar-refractivity contribution in [2.75, 3.05) is 0 Å². The third-order valence-corrected chi connectivity index (χ3v) is 14.5. The number of hydrogen-bond donors (Lipinski definition) is 0. The smallest absolute Gasteiger partial charge is 0.165 e. The van der Waals surface area contributed by atoms with Gasteiger partial charge in [-0.25, -0.2) is 15.0 Å². The number of rotatable bonds is 5. The average Bonchev–Trinajstić information content (AvgIpc) is 3.46. The molecule has 0 atom stereocenters. The van der Waals surface area contributed by atoms with E-state index < -0.39 is 8.07 Å². The van der Waals surface area contributed by atoms with Gasteiger partial charge in [-0.1, -0.05) is 189 Å². The fourth-order valence-electron chi connectivity index (χ4n) is 8.49. The molecule has 2 heterocycles. The van der Waals surface area contributed by atoms with Crippen LogP contribution in [0, 0.1) is 0 Å². The van der Waals surface area contributed by atoms with Crippen LogP contribution in [-0.2, 0) is 0 Å². The lowest BCUT2D eigenvalue weighted by Gasteiger charge is -2.24. The van der Waals surface area contributed by atoms with E-state index >= 15 is 0 Å². The molecule has 4 heteroatoms. The molecule has 3 nitrogen and oxygen atoms in total. The molecule has 0 amide bonds. The minimum absolute atomic E-state index is 0.650. The number of hydrogen-bond acceptors (Lipinski definition) is 3. The van der Waals surface area contributed by atoms with Crippen LogP contribution in [0.4, 0.5) is 0 Å². The molecule has 0 aliphatic carbocycles. The highest BCUT2D eigenvalue weighted by Crippen LogP contribution is 2.45. The first kappa shape index (κ1) is 31.3. The molecule has 0 saturated heterocycles. The molecule has 250 valence electrons. The van der Waals surface area contributed by atoms with Gasteiger partial charge in [-0.15, -0.1) is 0 Å². The summed E-state index contributed by atoms with van der Waals surface area (Å²) >= 11 is 0. The molecule has 0 spiro atoms. The first-order valence-electron chi connectivity index (χ1n) is 18.2. The largest absolute Gasteiger partial charge is 0.208 e. The first-order chi connectivity index (χ1) is 26.1. The summed E-state index contributed by atoms with van der Waals surface area (Å²) in [5.74, 6) is 1.97. The highest BCUT2D eigenvalue weighted by atomic mass is 28.3. The van der Waals surface area contributed by atoms with Crippen LogP contribution in [0.1, 0.15) is 0 Å². The zero-order valence-corrected chi connectivity index (χ0v) is 30.6. The van der Waals surface area contributed by atoms with Crippen LogP contribution < -0.4 is 10.4 Å². The zero-order valence-electron chi connectivity index (χ0n) is 29.6. The van der Waals surface area contributed by atoms with Crippen LogP contribution in [0.15, 0.2) is 176 Å². The molecule has 1 aliphatic rings. The number of aromatic nitrogens is 3. The molecule has 0 radical (unpaired) electrons. The van der Waals surface area contributed by atoms with Crippen molar-refractivity contribution in [3.8, 4) is 67.5 Å². The third-order valence-electron chi connectivity index (χ3n) is 10.9. The summed E-state index contributed by atoms with van der Waals surface area (Å²) in [7, 11) is -2.01. The predicted octanol–water partition coefficient (Wildman–Crippen LogP) is 11.3. The second-order valence-corrected chi connectivity index (χ2v) is 18.6. The summed E-state index contributed by atoms with van der Waals surface area (Å²) in [5.41, 5.74) is 10.6. The Kier molecular flexibility index (Phi) is 7.27. The van der Waals surface area contributed by atoms with Crippen LogP contribution in [0.2, 0.25) is 13.1 Å². The second kappa shape index (κ2) is 12.3. The maximum atomic E-state index is 5.30. The Morgan fingerprint density at radius 3 is 1.36 bits per heavy atom. The van der Waals surface area contributed by atoms with Gasteiger partial charge in [0.25, 0.3) is 0 Å². The van der Waals surface area contributed by atoms with Gasteiger partial charge in [0, 0.05) is 16.7 Å². The van der Waals surface area contributed by atoms with E-state index in [1.807, 2.05) is 24.3 Å². The molecule has 8 aromatic carbocycles. The summed E-state index contributed by atoms with van der Waals surface area (Å²) in [5, 5.41) is 7.68. The van der Waals surface area contributed by atoms with E-state index in [0.29, 0.717) is 17.5 Å². The SMILES string of the molecule is C[Si]1(C)c2ccccc2-c2cccc(-c3c4ccccc4c(-c4nc(-c5ccccc5)nc(-c5ccc(-c6ccccc6)cc5)n4)c4ccccc34)c21. The van der Waals surface area contributed by atoms with E-state index in [2.05, 4.69) is 165 Å². The Balaban J connectivity index is 1.23. The predicted molar refractivity (Wildman–Crippen MR) is 224 cm³/mol. The number of fused-ring (bicyclic) bond motifs is 5. The molecule has 53 heavy (non-hydrogen) atoms. The van der Waals surface area contributed by atoms with E-state index in [9.17, 15) is 0 Å². The molecule has 0 saturated carbocycles. The normalized spacial score (nSPS) is 12.9. The molecule has 0 unspecified atom stereocenters. The standard InChI is InChI=1S/C49H35N3Si/c1-53(2)43-27-14-13-20-36(43)41-25-15-26-42(46(41)53)44-37-21-9-11-23-39(37)45(40-24-12-10-22-38(40)44)49-51-47(34-18-7-4-8-19-34)50-48(52-49)35-30-28-33(29-31-35)32-16-5-3-6-17-32/h3-31H,1-2H3. The molecular weight excluding hydrogens is 659 g/mol. The van der Waals surface area contributed by atoms with Crippen molar-refractivity contribution in [2.45, 2.75) is 13.1 Å². The summed E-state index contributed by atoms with van der Waals surface area (Å²) < 4.78 is 0. The maximum absolute atomic E-state index is 5.30. The third kappa shape index (κ3) is 5.06. The van der Waals surface area contributed by atoms with E-state index in [1.165, 1.54) is 49.0 Å². The molecule has 1 aromatic heterocycles. The Labute approximate surface area is 310 Å². The summed E-state index contributed by atoms with van der Waals surface area (Å²) in [6.07, 6.45) is 0. The van der Waals surface area contributed by atoms with Crippen molar-refractivity contribution in [1.82, 2.24) is 15.0 Å². The maximum Gasteiger partial charge on any atom is 0.165 e. The molecule has 1 aliphatic heterocycles. The van der Waals surface area contributed by atoms with Gasteiger partial charge in [-0.05, 0) is 65.3 Å². The molecule has 0 N–H and O–H groups in total. The summed E-state index contributed by atoms with van der Waals surface area (Å²) in [4.78, 5) is 15.6. The highest BCUT2D eigenvalue weighted by Gasteiger charge is 2.39. The molecule has 0 fully saturated rings. The number of benzene rings is 8. The molecule has 0 bridgehead atoms. The summed E-state index contributed by atoms with van der Waals surface area (Å²) in [6.45, 7) is 5.01. The van der Waals surface area contributed by atoms with Crippen LogP contribution in [-0.4, -0.2) is 23.0 Å². The average molecular weight is 694 g/mol.